The molecule has 0 spiro atoms. The van der Waals surface area contributed by atoms with Crippen molar-refractivity contribution in [3.8, 4) is 11.5 Å². The molecule has 3 aromatic carbocycles. The predicted molar refractivity (Wildman–Crippen MR) is 237 cm³/mol. The van der Waals surface area contributed by atoms with E-state index in [0.29, 0.717) is 47.3 Å². The number of aliphatic hydroxyl groups is 1. The number of pyridine rings is 1. The molecule has 1 aromatic heterocycles. The fraction of sp³-hybridized carbons (Fsp3) is 0.460. The highest BCUT2D eigenvalue weighted by Crippen LogP contribution is 2.41. The zero-order valence-electron chi connectivity index (χ0n) is 35.1. The minimum atomic E-state index is -0.430. The molecule has 2 aliphatic rings. The number of ether oxygens (including phenoxy) is 1. The summed E-state index contributed by atoms with van der Waals surface area (Å²) >= 11 is 0. The molecular weight excluding hydrogens is 737 g/mol. The Hall–Kier alpha value is -4.83. The number of aryl methyl sites for hydroxylation is 4. The second kappa shape index (κ2) is 22.0. The van der Waals surface area contributed by atoms with Gasteiger partial charge in [-0.15, -0.1) is 0 Å². The number of nitrogens with two attached hydrogens (primary N) is 1. The molecule has 6 N–H and O–H groups in total. The van der Waals surface area contributed by atoms with Crippen LogP contribution in [0.15, 0.2) is 85.1 Å². The highest BCUT2D eigenvalue weighted by molar-refractivity contribution is 6.07. The summed E-state index contributed by atoms with van der Waals surface area (Å²) < 4.78 is 5.44. The number of nitrogens with one attached hydrogen (secondary N) is 2. The van der Waals surface area contributed by atoms with E-state index in [1.54, 1.807) is 18.3 Å². The topological polar surface area (TPSA) is 147 Å². The first-order valence-electron chi connectivity index (χ1n) is 21.7. The van der Waals surface area contributed by atoms with Crippen molar-refractivity contribution in [3.63, 3.8) is 0 Å². The van der Waals surface area contributed by atoms with Crippen molar-refractivity contribution in [2.45, 2.75) is 95.9 Å². The zero-order chi connectivity index (χ0) is 41.6. The summed E-state index contributed by atoms with van der Waals surface area (Å²) in [7, 11) is 3.55. The fourth-order valence-corrected chi connectivity index (χ4v) is 9.63. The molecule has 1 aliphatic carbocycles. The lowest BCUT2D eigenvalue weighted by molar-refractivity contribution is -0.124. The quantitative estimate of drug-likeness (QED) is 0.0327. The average Bonchev–Trinajstić information content (AvgIpc) is 3.25. The molecule has 4 atom stereocenters. The van der Waals surface area contributed by atoms with Crippen molar-refractivity contribution in [2.75, 3.05) is 39.6 Å². The third-order valence-corrected chi connectivity index (χ3v) is 12.8. The Labute approximate surface area is 350 Å². The van der Waals surface area contributed by atoms with Crippen molar-refractivity contribution in [3.05, 3.63) is 124 Å². The molecule has 59 heavy (non-hydrogen) atoms. The zero-order valence-corrected chi connectivity index (χ0v) is 35.1. The molecule has 0 radical (unpaired) electrons. The molecule has 4 unspecified atom stereocenters. The maximum Gasteiger partial charge on any atom is 0.163 e. The Morgan fingerprint density at radius 3 is 2.42 bits per heavy atom. The third kappa shape index (κ3) is 12.4. The van der Waals surface area contributed by atoms with Gasteiger partial charge in [0.1, 0.15) is 11.6 Å². The fourth-order valence-electron chi connectivity index (χ4n) is 9.63. The van der Waals surface area contributed by atoms with E-state index in [9.17, 15) is 19.8 Å². The van der Waals surface area contributed by atoms with Crippen LogP contribution in [-0.4, -0.2) is 66.7 Å². The van der Waals surface area contributed by atoms with Gasteiger partial charge in [0.25, 0.3) is 0 Å². The molecule has 2 fully saturated rings. The van der Waals surface area contributed by atoms with E-state index in [1.165, 1.54) is 55.6 Å². The number of nitrogen functional groups attached to an aromatic ring is 1. The molecule has 9 heteroatoms. The second-order valence-corrected chi connectivity index (χ2v) is 16.7. The SMILES string of the molecule is CNC1CCC2CNCCC2C1CCCCCC(=O)CC(=O)C=C(CO)c1cc(OC)c(O)cc1Cc1cnc(N)cc1CCc1cccc(CCc2ccccc2)c1. The third-order valence-electron chi connectivity index (χ3n) is 12.8. The van der Waals surface area contributed by atoms with E-state index in [0.717, 1.165) is 81.0 Å². The standard InChI is InChI=1S/C50H64N4O5/c1-52-47-21-20-38-31-53-23-22-44(38)45(47)15-8-4-7-14-42(56)29-43(57)26-41(33-55)46-30-49(59-2)48(58)27-39(46)25-40-32-54-50(51)28-37(40)19-18-36-13-9-12-35(24-36)17-16-34-10-5-3-6-11-34/h3,5-6,9-13,24,26-28,30,32,38,44-45,47,52-53,55,58H,4,7-8,14-23,25,29,31,33H2,1-2H3,(H2,51,54). The van der Waals surface area contributed by atoms with Gasteiger partial charge in [-0.1, -0.05) is 67.4 Å². The van der Waals surface area contributed by atoms with Crippen molar-refractivity contribution in [1.29, 1.82) is 0 Å². The van der Waals surface area contributed by atoms with Crippen LogP contribution in [0.1, 0.15) is 96.7 Å². The number of hydrogen-bond acceptors (Lipinski definition) is 9. The Kier molecular flexibility index (Phi) is 16.3. The number of fused-ring (bicyclic) bond motifs is 1. The number of carbonyl (C=O) groups excluding carboxylic acids is 2. The van der Waals surface area contributed by atoms with Crippen LogP contribution in [-0.2, 0) is 41.7 Å². The first-order chi connectivity index (χ1) is 28.7. The number of aliphatic hydroxyl groups excluding tert-OH is 1. The number of unbranched alkanes of at least 4 members (excludes halogenated alkanes) is 2. The summed E-state index contributed by atoms with van der Waals surface area (Å²) in [4.78, 5) is 30.7. The first-order valence-corrected chi connectivity index (χ1v) is 21.7. The second-order valence-electron chi connectivity index (χ2n) is 16.7. The van der Waals surface area contributed by atoms with Gasteiger partial charge in [0.2, 0.25) is 0 Å². The number of aromatic nitrogens is 1. The van der Waals surface area contributed by atoms with Crippen LogP contribution in [0.2, 0.25) is 0 Å². The average molecular weight is 801 g/mol. The molecule has 9 nitrogen and oxygen atoms in total. The van der Waals surface area contributed by atoms with Gasteiger partial charge in [-0.2, -0.15) is 0 Å². The molecule has 0 bridgehead atoms. The number of methoxy groups -OCH3 is 1. The molecule has 1 saturated heterocycles. The number of benzene rings is 3. The maximum atomic E-state index is 13.3. The van der Waals surface area contributed by atoms with E-state index in [2.05, 4.69) is 71.2 Å². The number of ketones is 2. The van der Waals surface area contributed by atoms with Crippen molar-refractivity contribution in [1.82, 2.24) is 15.6 Å². The smallest absolute Gasteiger partial charge is 0.163 e. The number of nitrogens with zero attached hydrogens (tertiary/aromatic N) is 1. The van der Waals surface area contributed by atoms with Crippen LogP contribution in [0.25, 0.3) is 5.57 Å². The number of allylic oxidation sites excluding steroid dienone is 1. The molecule has 1 aliphatic heterocycles. The summed E-state index contributed by atoms with van der Waals surface area (Å²) in [5.74, 6) is 2.39. The molecule has 0 amide bonds. The highest BCUT2D eigenvalue weighted by Gasteiger charge is 2.39. The lowest BCUT2D eigenvalue weighted by Gasteiger charge is -2.46. The lowest BCUT2D eigenvalue weighted by atomic mass is 9.65. The van der Waals surface area contributed by atoms with Gasteiger partial charge in [-0.3, -0.25) is 9.59 Å². The van der Waals surface area contributed by atoms with Crippen molar-refractivity contribution >= 4 is 23.0 Å². The number of phenolic OH excluding ortho intramolecular Hbond substituents is 1. The van der Waals surface area contributed by atoms with Crippen LogP contribution >= 0.6 is 0 Å². The monoisotopic (exact) mass is 800 g/mol. The summed E-state index contributed by atoms with van der Waals surface area (Å²) in [6.07, 6.45) is 14.9. The predicted octanol–water partition coefficient (Wildman–Crippen LogP) is 7.62. The molecule has 4 aromatic rings. The summed E-state index contributed by atoms with van der Waals surface area (Å²) in [5, 5.41) is 28.6. The summed E-state index contributed by atoms with van der Waals surface area (Å²) in [6, 6.07) is 24.9. The van der Waals surface area contributed by atoms with Gasteiger partial charge in [-0.25, -0.2) is 4.98 Å². The molecule has 1 saturated carbocycles. The van der Waals surface area contributed by atoms with Crippen LogP contribution in [0.4, 0.5) is 5.82 Å². The summed E-state index contributed by atoms with van der Waals surface area (Å²) in [6.45, 7) is 1.82. The largest absolute Gasteiger partial charge is 0.504 e. The Balaban J connectivity index is 1.07. The van der Waals surface area contributed by atoms with Crippen LogP contribution in [0.3, 0.4) is 0 Å². The Bertz CT molecular complexity index is 2030. The molecular formula is C50H64N4O5. The van der Waals surface area contributed by atoms with Crippen LogP contribution < -0.4 is 21.1 Å². The van der Waals surface area contributed by atoms with E-state index < -0.39 is 6.61 Å². The number of Topliss-reactive ketones (excluding diaryl/α,β-unsaturated/α-hetero) is 1. The Morgan fingerprint density at radius 1 is 0.898 bits per heavy atom. The van der Waals surface area contributed by atoms with E-state index in [-0.39, 0.29) is 29.5 Å². The van der Waals surface area contributed by atoms with E-state index >= 15 is 0 Å². The van der Waals surface area contributed by atoms with Gasteiger partial charge >= 0.3 is 0 Å². The molecule has 6 rings (SSSR count). The summed E-state index contributed by atoms with van der Waals surface area (Å²) in [5.41, 5.74) is 13.6. The van der Waals surface area contributed by atoms with Crippen LogP contribution in [0, 0.1) is 17.8 Å². The number of anilines is 1. The molecule has 314 valence electrons. The number of phenols is 1. The van der Waals surface area contributed by atoms with Crippen LogP contribution in [0.5, 0.6) is 11.5 Å². The lowest BCUT2D eigenvalue weighted by Crippen LogP contribution is -2.50. The van der Waals surface area contributed by atoms with Crippen molar-refractivity contribution < 1.29 is 24.5 Å². The van der Waals surface area contributed by atoms with E-state index in [1.807, 2.05) is 12.1 Å². The first kappa shape index (κ1) is 43.7. The minimum absolute atomic E-state index is 0.0529. The van der Waals surface area contributed by atoms with E-state index in [4.69, 9.17) is 10.5 Å². The van der Waals surface area contributed by atoms with Gasteiger partial charge in [0, 0.05) is 18.7 Å². The van der Waals surface area contributed by atoms with Gasteiger partial charge in [0.05, 0.1) is 20.1 Å². The normalized spacial score (nSPS) is 19.3. The number of aromatic hydroxyl groups is 1. The van der Waals surface area contributed by atoms with Gasteiger partial charge in [0.15, 0.2) is 17.3 Å². The Morgan fingerprint density at radius 2 is 1.66 bits per heavy atom. The highest BCUT2D eigenvalue weighted by atomic mass is 16.5. The molecule has 2 heterocycles. The van der Waals surface area contributed by atoms with Gasteiger partial charge < -0.3 is 31.3 Å². The van der Waals surface area contributed by atoms with Gasteiger partial charge in [-0.05, 0) is 171 Å². The number of rotatable bonds is 21. The minimum Gasteiger partial charge on any atom is -0.504 e. The number of hydrogen-bond donors (Lipinski definition) is 5. The number of piperidine rings is 1. The number of carbonyl (C=O) groups is 2. The maximum absolute atomic E-state index is 13.3. The van der Waals surface area contributed by atoms with Crippen molar-refractivity contribution in [2.24, 2.45) is 17.8 Å².